The van der Waals surface area contributed by atoms with E-state index in [0.717, 1.165) is 30.1 Å². The fourth-order valence-electron chi connectivity index (χ4n) is 4.39. The maximum absolute atomic E-state index is 15.2. The van der Waals surface area contributed by atoms with Crippen LogP contribution in [0.25, 0.3) is 32.9 Å². The third-order valence-electron chi connectivity index (χ3n) is 6.04. The topological polar surface area (TPSA) is 69.6 Å². The third kappa shape index (κ3) is 3.47. The first-order chi connectivity index (χ1) is 16.0. The number of nitrogen functional groups attached to an aromatic ring is 1. The lowest BCUT2D eigenvalue weighted by Crippen LogP contribution is -1.96. The van der Waals surface area contributed by atoms with Crippen LogP contribution in [-0.4, -0.2) is 19.5 Å². The van der Waals surface area contributed by atoms with E-state index in [2.05, 4.69) is 19.5 Å². The summed E-state index contributed by atoms with van der Waals surface area (Å²) in [5.74, 6) is -1.38. The molecule has 0 spiro atoms. The summed E-state index contributed by atoms with van der Waals surface area (Å²) in [5.41, 5.74) is 9.30. The van der Waals surface area contributed by atoms with Gasteiger partial charge in [-0.25, -0.2) is 23.1 Å². The van der Waals surface area contributed by atoms with Crippen LogP contribution in [0.5, 0.6) is 0 Å². The lowest BCUT2D eigenvalue weighted by atomic mass is 10.0. The van der Waals surface area contributed by atoms with Crippen LogP contribution in [0.1, 0.15) is 30.1 Å². The Hall–Kier alpha value is -3.94. The lowest BCUT2D eigenvalue weighted by molar-refractivity contribution is 0.580. The number of hydrogen-bond acceptors (Lipinski definition) is 4. The van der Waals surface area contributed by atoms with Gasteiger partial charge in [0.1, 0.15) is 35.2 Å². The quantitative estimate of drug-likeness (QED) is 0.393. The van der Waals surface area contributed by atoms with Crippen molar-refractivity contribution in [1.29, 1.82) is 0 Å². The molecule has 2 N–H and O–H groups in total. The summed E-state index contributed by atoms with van der Waals surface area (Å²) in [4.78, 5) is 12.9. The number of fused-ring (bicyclic) bond motifs is 2. The summed E-state index contributed by atoms with van der Waals surface area (Å²) in [6, 6.07) is 8.62. The maximum Gasteiger partial charge on any atom is 0.146 e. The zero-order valence-corrected chi connectivity index (χ0v) is 17.4. The molecule has 8 heteroatoms. The van der Waals surface area contributed by atoms with E-state index in [-0.39, 0.29) is 6.42 Å². The van der Waals surface area contributed by atoms with E-state index in [4.69, 9.17) is 5.73 Å². The van der Waals surface area contributed by atoms with Gasteiger partial charge in [0.2, 0.25) is 0 Å². The average Bonchev–Trinajstić information content (AvgIpc) is 3.53. The third-order valence-corrected chi connectivity index (χ3v) is 6.04. The highest BCUT2D eigenvalue weighted by molar-refractivity contribution is 6.02. The van der Waals surface area contributed by atoms with Crippen molar-refractivity contribution in [2.24, 2.45) is 0 Å². The van der Waals surface area contributed by atoms with Gasteiger partial charge in [-0.15, -0.1) is 0 Å². The average molecular weight is 445 g/mol. The molecule has 0 saturated heterocycles. The molecule has 1 saturated carbocycles. The predicted octanol–water partition coefficient (Wildman–Crippen LogP) is 5.57. The molecule has 0 aliphatic heterocycles. The molecule has 0 radical (unpaired) electrons. The second kappa shape index (κ2) is 7.30. The molecular formula is C25H18F3N5. The Labute approximate surface area is 186 Å². The number of nitrogens with two attached hydrogens (primary N) is 1. The van der Waals surface area contributed by atoms with E-state index in [1.165, 1.54) is 24.5 Å². The molecule has 6 rings (SSSR count). The first kappa shape index (κ1) is 19.7. The minimum Gasteiger partial charge on any atom is -0.383 e. The van der Waals surface area contributed by atoms with Crippen molar-refractivity contribution in [3.05, 3.63) is 83.8 Å². The van der Waals surface area contributed by atoms with Crippen molar-refractivity contribution < 1.29 is 13.2 Å². The van der Waals surface area contributed by atoms with Gasteiger partial charge in [-0.2, -0.15) is 0 Å². The number of pyridine rings is 1. The van der Waals surface area contributed by atoms with Crippen LogP contribution in [0.4, 0.5) is 19.0 Å². The molecule has 0 bridgehead atoms. The Kier molecular flexibility index (Phi) is 4.36. The second-order valence-corrected chi connectivity index (χ2v) is 8.45. The molecular weight excluding hydrogens is 427 g/mol. The van der Waals surface area contributed by atoms with Crippen molar-refractivity contribution in [1.82, 2.24) is 19.5 Å². The van der Waals surface area contributed by atoms with Gasteiger partial charge >= 0.3 is 0 Å². The summed E-state index contributed by atoms with van der Waals surface area (Å²) in [7, 11) is 0. The molecule has 1 fully saturated rings. The lowest BCUT2D eigenvalue weighted by Gasteiger charge is -2.08. The van der Waals surface area contributed by atoms with Gasteiger partial charge in [0.15, 0.2) is 0 Å². The molecule has 1 aliphatic carbocycles. The van der Waals surface area contributed by atoms with Crippen molar-refractivity contribution >= 4 is 27.6 Å². The highest BCUT2D eigenvalue weighted by Gasteiger charge is 2.28. The summed E-state index contributed by atoms with van der Waals surface area (Å²) in [6.07, 6.45) is 7.31. The van der Waals surface area contributed by atoms with Crippen molar-refractivity contribution in [2.45, 2.75) is 25.3 Å². The standard InChI is InChI=1S/C25H18F3N5/c26-16-3-13(4-17(27)8-16)5-18-9-20-15(10-30-18)6-14(7-22(20)28)21-11-33(19-1-2-19)25-23(21)24(29)31-12-32-25/h3-4,6-12,19H,1-2,5H2,(H2,29,31,32). The predicted molar refractivity (Wildman–Crippen MR) is 120 cm³/mol. The van der Waals surface area contributed by atoms with Gasteiger partial charge in [-0.05, 0) is 54.3 Å². The Bertz CT molecular complexity index is 1540. The number of benzene rings is 2. The van der Waals surface area contributed by atoms with Gasteiger partial charge < -0.3 is 10.3 Å². The second-order valence-electron chi connectivity index (χ2n) is 8.45. The number of hydrogen-bond donors (Lipinski definition) is 1. The number of halogens is 3. The molecule has 33 heavy (non-hydrogen) atoms. The number of nitrogens with zero attached hydrogens (tertiary/aromatic N) is 4. The summed E-state index contributed by atoms with van der Waals surface area (Å²) in [6.45, 7) is 0. The van der Waals surface area contributed by atoms with Crippen LogP contribution in [0.2, 0.25) is 0 Å². The molecule has 2 aromatic carbocycles. The van der Waals surface area contributed by atoms with Gasteiger partial charge in [-0.1, -0.05) is 0 Å². The van der Waals surface area contributed by atoms with Crippen LogP contribution in [0.15, 0.2) is 55.1 Å². The van der Waals surface area contributed by atoms with Crippen LogP contribution in [-0.2, 0) is 6.42 Å². The fraction of sp³-hybridized carbons (Fsp3) is 0.160. The summed E-state index contributed by atoms with van der Waals surface area (Å²) in [5, 5.41) is 1.71. The molecule has 5 aromatic rings. The molecule has 5 nitrogen and oxygen atoms in total. The zero-order chi connectivity index (χ0) is 22.7. The van der Waals surface area contributed by atoms with Crippen LogP contribution in [0, 0.1) is 17.5 Å². The highest BCUT2D eigenvalue weighted by Crippen LogP contribution is 2.42. The number of anilines is 1. The SMILES string of the molecule is Nc1ncnc2c1c(-c1cc(F)c3cc(Cc4cc(F)cc(F)c4)ncc3c1)cn2C1CC1. The van der Waals surface area contributed by atoms with E-state index >= 15 is 4.39 Å². The number of aromatic nitrogens is 4. The largest absolute Gasteiger partial charge is 0.383 e. The molecule has 3 heterocycles. The van der Waals surface area contributed by atoms with Gasteiger partial charge in [-0.3, -0.25) is 4.98 Å². The van der Waals surface area contributed by atoms with Crippen molar-refractivity contribution in [3.8, 4) is 11.1 Å². The smallest absolute Gasteiger partial charge is 0.146 e. The Morgan fingerprint density at radius 2 is 1.73 bits per heavy atom. The van der Waals surface area contributed by atoms with Gasteiger partial charge in [0.25, 0.3) is 0 Å². The molecule has 164 valence electrons. The van der Waals surface area contributed by atoms with E-state index in [9.17, 15) is 8.78 Å². The molecule has 0 unspecified atom stereocenters. The van der Waals surface area contributed by atoms with Crippen LogP contribution in [0.3, 0.4) is 0 Å². The van der Waals surface area contributed by atoms with Crippen molar-refractivity contribution in [2.75, 3.05) is 5.73 Å². The Balaban J connectivity index is 1.44. The molecule has 0 amide bonds. The van der Waals surface area contributed by atoms with Crippen LogP contribution < -0.4 is 5.73 Å². The minimum atomic E-state index is -0.657. The highest BCUT2D eigenvalue weighted by atomic mass is 19.1. The van der Waals surface area contributed by atoms with Crippen molar-refractivity contribution in [3.63, 3.8) is 0 Å². The summed E-state index contributed by atoms with van der Waals surface area (Å²) < 4.78 is 44.3. The first-order valence-electron chi connectivity index (χ1n) is 10.6. The Morgan fingerprint density at radius 3 is 2.48 bits per heavy atom. The fourth-order valence-corrected chi connectivity index (χ4v) is 4.39. The molecule has 3 aromatic heterocycles. The van der Waals surface area contributed by atoms with E-state index in [0.29, 0.717) is 44.8 Å². The zero-order valence-electron chi connectivity index (χ0n) is 17.4. The normalized spacial score (nSPS) is 13.8. The molecule has 0 atom stereocenters. The van der Waals surface area contributed by atoms with E-state index in [1.807, 2.05) is 12.3 Å². The Morgan fingerprint density at radius 1 is 0.939 bits per heavy atom. The monoisotopic (exact) mass is 445 g/mol. The van der Waals surface area contributed by atoms with Gasteiger partial charge in [0.05, 0.1) is 5.39 Å². The maximum atomic E-state index is 15.2. The minimum absolute atomic E-state index is 0.189. The van der Waals surface area contributed by atoms with Crippen LogP contribution >= 0.6 is 0 Å². The summed E-state index contributed by atoms with van der Waals surface area (Å²) >= 11 is 0. The molecule has 1 aliphatic rings. The first-order valence-corrected chi connectivity index (χ1v) is 10.6. The number of rotatable bonds is 4. The van der Waals surface area contributed by atoms with E-state index < -0.39 is 17.5 Å². The van der Waals surface area contributed by atoms with Gasteiger partial charge in [0, 0.05) is 53.0 Å². The van der Waals surface area contributed by atoms with E-state index in [1.54, 1.807) is 12.3 Å².